The maximum absolute atomic E-state index is 12.3. The number of rotatable bonds is 8. The highest BCUT2D eigenvalue weighted by atomic mass is 35.5. The largest absolute Gasteiger partial charge is 0.383 e. The van der Waals surface area contributed by atoms with Crippen molar-refractivity contribution < 1.29 is 17.9 Å². The molecule has 2 rings (SSSR count). The van der Waals surface area contributed by atoms with Crippen LogP contribution in [-0.2, 0) is 21.3 Å². The molecule has 0 bridgehead atoms. The molecular formula is C17H19ClN2O4S. The topological polar surface area (TPSA) is 84.5 Å². The Morgan fingerprint density at radius 2 is 1.72 bits per heavy atom. The van der Waals surface area contributed by atoms with Crippen molar-refractivity contribution >= 4 is 27.5 Å². The standard InChI is InChI=1S/C17H19ClN2O4S/c1-24-11-10-19-17(21)14-4-8-16(9-5-14)25(22,23)20-12-13-2-6-15(18)7-3-13/h2-9,20H,10-12H2,1H3,(H,19,21). The Morgan fingerprint density at radius 3 is 2.32 bits per heavy atom. The molecule has 0 aliphatic heterocycles. The number of carbonyl (C=O) groups excluding carboxylic acids is 1. The van der Waals surface area contributed by atoms with Crippen LogP contribution in [0.25, 0.3) is 0 Å². The van der Waals surface area contributed by atoms with Gasteiger partial charge in [-0.15, -0.1) is 0 Å². The number of hydrogen-bond acceptors (Lipinski definition) is 4. The van der Waals surface area contributed by atoms with Crippen LogP contribution >= 0.6 is 11.6 Å². The van der Waals surface area contributed by atoms with Crippen LogP contribution < -0.4 is 10.0 Å². The van der Waals surface area contributed by atoms with E-state index in [2.05, 4.69) is 10.0 Å². The fraction of sp³-hybridized carbons (Fsp3) is 0.235. The third-order valence-corrected chi connectivity index (χ3v) is 5.07. The predicted octanol–water partition coefficient (Wildman–Crippen LogP) is 2.19. The van der Waals surface area contributed by atoms with Gasteiger partial charge in [-0.25, -0.2) is 13.1 Å². The van der Waals surface area contributed by atoms with Crippen LogP contribution in [0.5, 0.6) is 0 Å². The maximum Gasteiger partial charge on any atom is 0.251 e. The number of nitrogens with one attached hydrogen (secondary N) is 2. The van der Waals surface area contributed by atoms with Gasteiger partial charge in [-0.1, -0.05) is 23.7 Å². The van der Waals surface area contributed by atoms with E-state index < -0.39 is 10.0 Å². The second-order valence-corrected chi connectivity index (χ2v) is 7.43. The Bertz CT molecular complexity index is 806. The lowest BCUT2D eigenvalue weighted by Crippen LogP contribution is -2.27. The summed E-state index contributed by atoms with van der Waals surface area (Å²) in [5.74, 6) is -0.282. The highest BCUT2D eigenvalue weighted by Gasteiger charge is 2.14. The first-order valence-electron chi connectivity index (χ1n) is 7.54. The lowest BCUT2D eigenvalue weighted by molar-refractivity contribution is 0.0937. The summed E-state index contributed by atoms with van der Waals surface area (Å²) in [5, 5.41) is 3.26. The zero-order valence-corrected chi connectivity index (χ0v) is 15.2. The van der Waals surface area contributed by atoms with Crippen LogP contribution in [0.1, 0.15) is 15.9 Å². The van der Waals surface area contributed by atoms with E-state index in [-0.39, 0.29) is 17.3 Å². The van der Waals surface area contributed by atoms with Gasteiger partial charge in [0.25, 0.3) is 5.91 Å². The van der Waals surface area contributed by atoms with Gasteiger partial charge in [-0.05, 0) is 42.0 Å². The molecule has 2 aromatic rings. The number of halogens is 1. The van der Waals surface area contributed by atoms with Gasteiger partial charge in [0.15, 0.2) is 0 Å². The van der Waals surface area contributed by atoms with Gasteiger partial charge in [0, 0.05) is 30.8 Å². The average Bonchev–Trinajstić information content (AvgIpc) is 2.61. The molecule has 6 nitrogen and oxygen atoms in total. The van der Waals surface area contributed by atoms with E-state index in [1.807, 2.05) is 0 Å². The Labute approximate surface area is 152 Å². The second kappa shape index (κ2) is 8.96. The quantitative estimate of drug-likeness (QED) is 0.685. The molecule has 0 spiro atoms. The van der Waals surface area contributed by atoms with Crippen molar-refractivity contribution in [2.24, 2.45) is 0 Å². The maximum atomic E-state index is 12.3. The lowest BCUT2D eigenvalue weighted by Gasteiger charge is -2.08. The molecule has 0 aliphatic rings. The summed E-state index contributed by atoms with van der Waals surface area (Å²) >= 11 is 5.80. The van der Waals surface area contributed by atoms with Gasteiger partial charge >= 0.3 is 0 Å². The zero-order valence-electron chi connectivity index (χ0n) is 13.7. The Morgan fingerprint density at radius 1 is 1.08 bits per heavy atom. The third kappa shape index (κ3) is 5.82. The van der Waals surface area contributed by atoms with Gasteiger partial charge in [-0.2, -0.15) is 0 Å². The van der Waals surface area contributed by atoms with Crippen molar-refractivity contribution in [1.29, 1.82) is 0 Å². The first kappa shape index (κ1) is 19.4. The number of ether oxygens (including phenoxy) is 1. The van der Waals surface area contributed by atoms with Crippen molar-refractivity contribution in [3.05, 3.63) is 64.7 Å². The zero-order chi connectivity index (χ0) is 18.3. The number of hydrogen-bond donors (Lipinski definition) is 2. The average molecular weight is 383 g/mol. The van der Waals surface area contributed by atoms with E-state index in [0.29, 0.717) is 23.7 Å². The van der Waals surface area contributed by atoms with E-state index in [4.69, 9.17) is 16.3 Å². The third-order valence-electron chi connectivity index (χ3n) is 3.40. The summed E-state index contributed by atoms with van der Waals surface area (Å²) in [6.45, 7) is 0.948. The molecule has 0 unspecified atom stereocenters. The Balaban J connectivity index is 1.99. The normalized spacial score (nSPS) is 11.3. The van der Waals surface area contributed by atoms with Crippen LogP contribution in [0.15, 0.2) is 53.4 Å². The van der Waals surface area contributed by atoms with E-state index in [1.54, 1.807) is 31.4 Å². The molecule has 0 aliphatic carbocycles. The van der Waals surface area contributed by atoms with Crippen LogP contribution in [0.2, 0.25) is 5.02 Å². The molecule has 0 aromatic heterocycles. The van der Waals surface area contributed by atoms with Crippen LogP contribution in [0.3, 0.4) is 0 Å². The minimum Gasteiger partial charge on any atom is -0.383 e. The van der Waals surface area contributed by atoms with E-state index in [0.717, 1.165) is 5.56 Å². The van der Waals surface area contributed by atoms with Gasteiger partial charge in [0.05, 0.1) is 11.5 Å². The van der Waals surface area contributed by atoms with Crippen molar-refractivity contribution in [2.75, 3.05) is 20.3 Å². The fourth-order valence-corrected chi connectivity index (χ4v) is 3.16. The van der Waals surface area contributed by atoms with Crippen LogP contribution in [0.4, 0.5) is 0 Å². The minimum atomic E-state index is -3.67. The minimum absolute atomic E-state index is 0.0925. The molecule has 2 aromatic carbocycles. The predicted molar refractivity (Wildman–Crippen MR) is 96.1 cm³/mol. The molecule has 2 N–H and O–H groups in total. The van der Waals surface area contributed by atoms with E-state index in [1.165, 1.54) is 24.3 Å². The van der Waals surface area contributed by atoms with Gasteiger partial charge < -0.3 is 10.1 Å². The molecule has 0 heterocycles. The summed E-state index contributed by atoms with van der Waals surface area (Å²) in [4.78, 5) is 12.0. The first-order valence-corrected chi connectivity index (χ1v) is 9.40. The highest BCUT2D eigenvalue weighted by Crippen LogP contribution is 2.13. The smallest absolute Gasteiger partial charge is 0.251 e. The Kier molecular flexibility index (Phi) is 6.95. The molecule has 25 heavy (non-hydrogen) atoms. The molecule has 134 valence electrons. The number of benzene rings is 2. The van der Waals surface area contributed by atoms with Gasteiger partial charge in [-0.3, -0.25) is 4.79 Å². The van der Waals surface area contributed by atoms with Gasteiger partial charge in [0.1, 0.15) is 0 Å². The molecule has 0 radical (unpaired) electrons. The second-order valence-electron chi connectivity index (χ2n) is 5.22. The Hall–Kier alpha value is -1.93. The highest BCUT2D eigenvalue weighted by molar-refractivity contribution is 7.89. The molecule has 0 saturated carbocycles. The summed E-state index contributed by atoms with van der Waals surface area (Å²) in [7, 11) is -2.12. The summed E-state index contributed by atoms with van der Waals surface area (Å²) in [5.41, 5.74) is 1.18. The van der Waals surface area contributed by atoms with Crippen molar-refractivity contribution in [3.8, 4) is 0 Å². The molecule has 0 fully saturated rings. The number of carbonyl (C=O) groups is 1. The molecule has 8 heteroatoms. The summed E-state index contributed by atoms with van der Waals surface area (Å²) in [6.07, 6.45) is 0. The molecular weight excluding hydrogens is 364 g/mol. The summed E-state index contributed by atoms with van der Waals surface area (Å²) < 4.78 is 32.0. The molecule has 1 amide bonds. The number of methoxy groups -OCH3 is 1. The van der Waals surface area contributed by atoms with Crippen molar-refractivity contribution in [3.63, 3.8) is 0 Å². The number of amides is 1. The molecule has 0 saturated heterocycles. The van der Waals surface area contributed by atoms with Crippen LogP contribution in [-0.4, -0.2) is 34.6 Å². The van der Waals surface area contributed by atoms with Crippen molar-refractivity contribution in [1.82, 2.24) is 10.0 Å². The van der Waals surface area contributed by atoms with E-state index >= 15 is 0 Å². The number of sulfonamides is 1. The van der Waals surface area contributed by atoms with Crippen LogP contribution in [0, 0.1) is 0 Å². The lowest BCUT2D eigenvalue weighted by atomic mass is 10.2. The van der Waals surface area contributed by atoms with E-state index in [9.17, 15) is 13.2 Å². The molecule has 0 atom stereocenters. The fourth-order valence-electron chi connectivity index (χ4n) is 2.02. The monoisotopic (exact) mass is 382 g/mol. The van der Waals surface area contributed by atoms with Gasteiger partial charge in [0.2, 0.25) is 10.0 Å². The summed E-state index contributed by atoms with van der Waals surface area (Å²) in [6, 6.07) is 12.6. The van der Waals surface area contributed by atoms with Crippen molar-refractivity contribution in [2.45, 2.75) is 11.4 Å². The SMILES string of the molecule is COCCNC(=O)c1ccc(S(=O)(=O)NCc2ccc(Cl)cc2)cc1. The first-order chi connectivity index (χ1) is 11.9.